The molecule has 0 atom stereocenters. The quantitative estimate of drug-likeness (QED) is 0.854. The molecular formula is C19H21N3O4. The first kappa shape index (κ1) is 18.0. The maximum absolute atomic E-state index is 12.9. The Hall–Kier alpha value is -2.80. The average molecular weight is 355 g/mol. The van der Waals surface area contributed by atoms with Crippen molar-refractivity contribution in [2.24, 2.45) is 5.92 Å². The number of carboxylic acid groups (broad SMARTS) is 1. The van der Waals surface area contributed by atoms with Crippen molar-refractivity contribution in [1.82, 2.24) is 14.9 Å². The molecule has 1 amide bonds. The summed E-state index contributed by atoms with van der Waals surface area (Å²) in [5.41, 5.74) is 1.00. The third-order valence-corrected chi connectivity index (χ3v) is 4.41. The number of aromatic carboxylic acids is 1. The summed E-state index contributed by atoms with van der Waals surface area (Å²) in [6.07, 6.45) is 4.18. The zero-order valence-corrected chi connectivity index (χ0v) is 14.4. The molecule has 0 radical (unpaired) electrons. The Morgan fingerprint density at radius 3 is 2.35 bits per heavy atom. The van der Waals surface area contributed by atoms with E-state index in [-0.39, 0.29) is 17.3 Å². The van der Waals surface area contributed by atoms with Gasteiger partial charge in [-0.05, 0) is 24.3 Å². The molecule has 1 aliphatic rings. The van der Waals surface area contributed by atoms with E-state index in [4.69, 9.17) is 9.84 Å². The van der Waals surface area contributed by atoms with Gasteiger partial charge in [-0.1, -0.05) is 30.3 Å². The van der Waals surface area contributed by atoms with Crippen LogP contribution in [0, 0.1) is 5.92 Å². The molecule has 1 aromatic carbocycles. The number of nitrogens with zero attached hydrogens (tertiary/aromatic N) is 3. The minimum atomic E-state index is -1.17. The highest BCUT2D eigenvalue weighted by Crippen LogP contribution is 2.19. The second-order valence-electron chi connectivity index (χ2n) is 6.32. The standard InChI is InChI=1S/C19H21N3O4/c23-18(16-10-21-17(11-20-16)19(24)25)22(12-14-4-2-1-3-5-14)13-15-6-8-26-9-7-15/h1-5,10-11,15H,6-9,12-13H2,(H,24,25). The lowest BCUT2D eigenvalue weighted by Crippen LogP contribution is -2.37. The number of rotatable bonds is 6. The summed E-state index contributed by atoms with van der Waals surface area (Å²) in [5, 5.41) is 8.93. The molecule has 0 aliphatic carbocycles. The summed E-state index contributed by atoms with van der Waals surface area (Å²) in [6, 6.07) is 9.76. The highest BCUT2D eigenvalue weighted by atomic mass is 16.5. The van der Waals surface area contributed by atoms with Gasteiger partial charge in [0.15, 0.2) is 5.69 Å². The fourth-order valence-electron chi connectivity index (χ4n) is 2.97. The highest BCUT2D eigenvalue weighted by molar-refractivity contribution is 5.92. The third-order valence-electron chi connectivity index (χ3n) is 4.41. The normalized spacial score (nSPS) is 14.8. The van der Waals surface area contributed by atoms with E-state index in [1.807, 2.05) is 30.3 Å². The van der Waals surface area contributed by atoms with Crippen LogP contribution in [0.15, 0.2) is 42.7 Å². The van der Waals surface area contributed by atoms with E-state index in [9.17, 15) is 9.59 Å². The summed E-state index contributed by atoms with van der Waals surface area (Å²) < 4.78 is 5.40. The molecule has 0 unspecified atom stereocenters. The molecule has 26 heavy (non-hydrogen) atoms. The van der Waals surface area contributed by atoms with E-state index < -0.39 is 5.97 Å². The van der Waals surface area contributed by atoms with E-state index in [2.05, 4.69) is 9.97 Å². The number of benzene rings is 1. The topological polar surface area (TPSA) is 92.6 Å². The molecule has 7 heteroatoms. The summed E-state index contributed by atoms with van der Waals surface area (Å²) >= 11 is 0. The molecule has 136 valence electrons. The summed E-state index contributed by atoms with van der Waals surface area (Å²) in [6.45, 7) is 2.51. The Kier molecular flexibility index (Phi) is 5.91. The molecular weight excluding hydrogens is 334 g/mol. The second kappa shape index (κ2) is 8.53. The molecule has 1 fully saturated rings. The maximum atomic E-state index is 12.9. The molecule has 1 saturated heterocycles. The van der Waals surface area contributed by atoms with Crippen LogP contribution in [0.1, 0.15) is 39.4 Å². The highest BCUT2D eigenvalue weighted by Gasteiger charge is 2.23. The van der Waals surface area contributed by atoms with Crippen LogP contribution in [0.2, 0.25) is 0 Å². The van der Waals surface area contributed by atoms with E-state index >= 15 is 0 Å². The SMILES string of the molecule is O=C(O)c1cnc(C(=O)N(Cc2ccccc2)CC2CCOCC2)cn1. The maximum Gasteiger partial charge on any atom is 0.356 e. The van der Waals surface area contributed by atoms with Crippen molar-refractivity contribution in [2.45, 2.75) is 19.4 Å². The molecule has 2 heterocycles. The Labute approximate surface area is 151 Å². The van der Waals surface area contributed by atoms with Crippen molar-refractivity contribution in [3.63, 3.8) is 0 Å². The van der Waals surface area contributed by atoms with Crippen LogP contribution in [0.3, 0.4) is 0 Å². The van der Waals surface area contributed by atoms with E-state index in [1.54, 1.807) is 4.90 Å². The molecule has 1 aliphatic heterocycles. The predicted octanol–water partition coefficient (Wildman–Crippen LogP) is 2.24. The summed E-state index contributed by atoms with van der Waals surface area (Å²) in [4.78, 5) is 33.4. The average Bonchev–Trinajstić information content (AvgIpc) is 2.68. The van der Waals surface area contributed by atoms with Gasteiger partial charge in [0.05, 0.1) is 12.4 Å². The molecule has 3 rings (SSSR count). The van der Waals surface area contributed by atoms with Gasteiger partial charge in [0.1, 0.15) is 5.69 Å². The van der Waals surface area contributed by atoms with Crippen LogP contribution >= 0.6 is 0 Å². The van der Waals surface area contributed by atoms with Gasteiger partial charge in [-0.15, -0.1) is 0 Å². The number of carbonyl (C=O) groups is 2. The zero-order valence-electron chi connectivity index (χ0n) is 14.4. The first-order valence-electron chi connectivity index (χ1n) is 8.60. The van der Waals surface area contributed by atoms with Crippen LogP contribution in [0.25, 0.3) is 0 Å². The van der Waals surface area contributed by atoms with Crippen molar-refractivity contribution in [2.75, 3.05) is 19.8 Å². The number of carboxylic acids is 1. The number of ether oxygens (including phenoxy) is 1. The fourth-order valence-corrected chi connectivity index (χ4v) is 2.97. The molecule has 2 aromatic rings. The van der Waals surface area contributed by atoms with Gasteiger partial charge >= 0.3 is 5.97 Å². The van der Waals surface area contributed by atoms with Crippen molar-refractivity contribution in [3.8, 4) is 0 Å². The molecule has 1 aromatic heterocycles. The third kappa shape index (κ3) is 4.64. The largest absolute Gasteiger partial charge is 0.476 e. The lowest BCUT2D eigenvalue weighted by atomic mass is 9.99. The first-order valence-corrected chi connectivity index (χ1v) is 8.60. The van der Waals surface area contributed by atoms with Crippen molar-refractivity contribution in [1.29, 1.82) is 0 Å². The lowest BCUT2D eigenvalue weighted by Gasteiger charge is -2.29. The van der Waals surface area contributed by atoms with Gasteiger partial charge < -0.3 is 14.7 Å². The van der Waals surface area contributed by atoms with Gasteiger partial charge in [-0.25, -0.2) is 14.8 Å². The van der Waals surface area contributed by atoms with Gasteiger partial charge in [0.2, 0.25) is 0 Å². The van der Waals surface area contributed by atoms with Crippen LogP contribution in [0.4, 0.5) is 0 Å². The summed E-state index contributed by atoms with van der Waals surface area (Å²) in [5.74, 6) is -1.03. The van der Waals surface area contributed by atoms with Crippen LogP contribution in [-0.2, 0) is 11.3 Å². The molecule has 0 bridgehead atoms. The Balaban J connectivity index is 1.78. The van der Waals surface area contributed by atoms with Crippen LogP contribution in [-0.4, -0.2) is 51.6 Å². The Bertz CT molecular complexity index is 743. The number of aromatic nitrogens is 2. The molecule has 7 nitrogen and oxygen atoms in total. The first-order chi connectivity index (χ1) is 12.6. The van der Waals surface area contributed by atoms with Crippen molar-refractivity contribution in [3.05, 3.63) is 59.7 Å². The lowest BCUT2D eigenvalue weighted by molar-refractivity contribution is 0.0443. The smallest absolute Gasteiger partial charge is 0.356 e. The van der Waals surface area contributed by atoms with E-state index in [0.29, 0.717) is 32.2 Å². The number of hydrogen-bond donors (Lipinski definition) is 1. The monoisotopic (exact) mass is 355 g/mol. The minimum absolute atomic E-state index is 0.151. The predicted molar refractivity (Wildman–Crippen MR) is 93.7 cm³/mol. The van der Waals surface area contributed by atoms with Gasteiger partial charge in [-0.3, -0.25) is 4.79 Å². The van der Waals surface area contributed by atoms with Gasteiger partial charge in [0, 0.05) is 26.3 Å². The number of hydrogen-bond acceptors (Lipinski definition) is 5. The molecule has 0 saturated carbocycles. The minimum Gasteiger partial charge on any atom is -0.476 e. The zero-order chi connectivity index (χ0) is 18.4. The summed E-state index contributed by atoms with van der Waals surface area (Å²) in [7, 11) is 0. The van der Waals surface area contributed by atoms with Crippen molar-refractivity contribution >= 4 is 11.9 Å². The Morgan fingerprint density at radius 2 is 1.73 bits per heavy atom. The van der Waals surface area contributed by atoms with Crippen LogP contribution in [0.5, 0.6) is 0 Å². The molecule has 1 N–H and O–H groups in total. The molecule has 0 spiro atoms. The van der Waals surface area contributed by atoms with E-state index in [1.165, 1.54) is 6.20 Å². The van der Waals surface area contributed by atoms with Gasteiger partial charge in [-0.2, -0.15) is 0 Å². The van der Waals surface area contributed by atoms with Crippen molar-refractivity contribution < 1.29 is 19.4 Å². The fraction of sp³-hybridized carbons (Fsp3) is 0.368. The van der Waals surface area contributed by atoms with Crippen LogP contribution < -0.4 is 0 Å². The second-order valence-corrected chi connectivity index (χ2v) is 6.32. The number of amides is 1. The van der Waals surface area contributed by atoms with E-state index in [0.717, 1.165) is 24.6 Å². The Morgan fingerprint density at radius 1 is 1.08 bits per heavy atom. The number of carbonyl (C=O) groups excluding carboxylic acids is 1. The van der Waals surface area contributed by atoms with Gasteiger partial charge in [0.25, 0.3) is 5.91 Å².